The molecule has 0 amide bonds. The molecule has 3 aromatic carbocycles. The molecule has 0 aromatic heterocycles. The number of allylic oxidation sites excluding steroid dienone is 5. The summed E-state index contributed by atoms with van der Waals surface area (Å²) in [6.07, 6.45) is 10.0. The van der Waals surface area contributed by atoms with Gasteiger partial charge in [0.15, 0.2) is 0 Å². The smallest absolute Gasteiger partial charge is 0.0136 e. The lowest BCUT2D eigenvalue weighted by molar-refractivity contribution is 0.848. The van der Waals surface area contributed by atoms with Crippen LogP contribution in [-0.4, -0.2) is 0 Å². The minimum Gasteiger partial charge on any atom is -0.0622 e. The molecule has 0 heterocycles. The van der Waals surface area contributed by atoms with E-state index in [1.54, 1.807) is 0 Å². The zero-order valence-corrected chi connectivity index (χ0v) is 14.8. The molecule has 1 atom stereocenters. The lowest BCUT2D eigenvalue weighted by Gasteiger charge is -2.25. The maximum absolute atomic E-state index is 2.29. The highest BCUT2D eigenvalue weighted by atomic mass is 14.2. The van der Waals surface area contributed by atoms with E-state index in [0.717, 1.165) is 6.42 Å². The summed E-state index contributed by atoms with van der Waals surface area (Å²) in [5, 5.41) is 0. The monoisotopic (exact) mass is 334 g/mol. The minimum absolute atomic E-state index is 0.388. The Morgan fingerprint density at radius 1 is 0.615 bits per heavy atom. The first-order chi connectivity index (χ1) is 12.9. The van der Waals surface area contributed by atoms with Crippen LogP contribution in [-0.2, 0) is 0 Å². The average molecular weight is 334 g/mol. The summed E-state index contributed by atoms with van der Waals surface area (Å²) in [5.41, 5.74) is 6.68. The van der Waals surface area contributed by atoms with Crippen LogP contribution in [0.1, 0.15) is 29.0 Å². The maximum atomic E-state index is 2.29. The summed E-state index contributed by atoms with van der Waals surface area (Å²) in [7, 11) is 0. The first kappa shape index (κ1) is 16.4. The number of hydrogen-bond acceptors (Lipinski definition) is 0. The van der Waals surface area contributed by atoms with Gasteiger partial charge in [0.1, 0.15) is 0 Å². The summed E-state index contributed by atoms with van der Waals surface area (Å²) in [6.45, 7) is 0. The molecule has 0 heteroatoms. The van der Waals surface area contributed by atoms with Gasteiger partial charge in [-0.1, -0.05) is 115 Å². The number of rotatable bonds is 4. The van der Waals surface area contributed by atoms with Gasteiger partial charge in [-0.25, -0.2) is 0 Å². The van der Waals surface area contributed by atoms with E-state index in [-0.39, 0.29) is 0 Å². The quantitative estimate of drug-likeness (QED) is 0.487. The molecule has 0 nitrogen and oxygen atoms in total. The Bertz CT molecular complexity index is 929. The third kappa shape index (κ3) is 3.75. The van der Waals surface area contributed by atoms with Gasteiger partial charge in [0.25, 0.3) is 0 Å². The van der Waals surface area contributed by atoms with Gasteiger partial charge in [0.05, 0.1) is 0 Å². The van der Waals surface area contributed by atoms with Gasteiger partial charge in [-0.15, -0.1) is 0 Å². The molecule has 0 saturated heterocycles. The molecule has 1 aliphatic carbocycles. The standard InChI is InChI=1S/C26H22/c1-4-10-21(11-5-1)16-17-22-18-19-25(23-12-6-2-7-13-23)26(20-22)24-14-8-3-9-15-24/h1-19,26H,20H2/b17-16-/t26-/m1/s1. The van der Waals surface area contributed by atoms with E-state index in [2.05, 4.69) is 115 Å². The topological polar surface area (TPSA) is 0 Å². The molecule has 0 spiro atoms. The molecule has 0 N–H and O–H groups in total. The van der Waals surface area contributed by atoms with Gasteiger partial charge in [-0.3, -0.25) is 0 Å². The van der Waals surface area contributed by atoms with Gasteiger partial charge in [-0.2, -0.15) is 0 Å². The van der Waals surface area contributed by atoms with E-state index < -0.39 is 0 Å². The number of benzene rings is 3. The van der Waals surface area contributed by atoms with Crippen molar-refractivity contribution in [3.63, 3.8) is 0 Å². The highest BCUT2D eigenvalue weighted by Crippen LogP contribution is 2.40. The van der Waals surface area contributed by atoms with Crippen LogP contribution in [0, 0.1) is 0 Å². The van der Waals surface area contributed by atoms with Gasteiger partial charge in [0.2, 0.25) is 0 Å². The summed E-state index contributed by atoms with van der Waals surface area (Å²) in [5.74, 6) is 0.388. The molecule has 0 fully saturated rings. The SMILES string of the molecule is C1=C(/C=C\c2ccccc2)C[C@H](c2ccccc2)C(c2ccccc2)=C1. The maximum Gasteiger partial charge on any atom is 0.0136 e. The predicted octanol–water partition coefficient (Wildman–Crippen LogP) is 6.90. The average Bonchev–Trinajstić information content (AvgIpc) is 2.74. The Hall–Kier alpha value is -3.12. The van der Waals surface area contributed by atoms with Crippen molar-refractivity contribution in [3.8, 4) is 0 Å². The Balaban J connectivity index is 1.68. The fourth-order valence-corrected chi connectivity index (χ4v) is 3.53. The summed E-state index contributed by atoms with van der Waals surface area (Å²) < 4.78 is 0. The zero-order valence-electron chi connectivity index (χ0n) is 14.8. The minimum atomic E-state index is 0.388. The second-order valence-corrected chi connectivity index (χ2v) is 6.64. The van der Waals surface area contributed by atoms with Gasteiger partial charge in [0, 0.05) is 5.92 Å². The molecule has 1 aliphatic rings. The molecule has 0 bridgehead atoms. The van der Waals surface area contributed by atoms with Crippen molar-refractivity contribution in [2.24, 2.45) is 0 Å². The van der Waals surface area contributed by atoms with Crippen LogP contribution in [0.3, 0.4) is 0 Å². The van der Waals surface area contributed by atoms with Gasteiger partial charge in [-0.05, 0) is 34.3 Å². The largest absolute Gasteiger partial charge is 0.0622 e. The fraction of sp³-hybridized carbons (Fsp3) is 0.0769. The Kier molecular flexibility index (Phi) is 4.93. The van der Waals surface area contributed by atoms with Crippen LogP contribution >= 0.6 is 0 Å². The van der Waals surface area contributed by atoms with Crippen molar-refractivity contribution in [1.29, 1.82) is 0 Å². The first-order valence-corrected chi connectivity index (χ1v) is 9.14. The number of hydrogen-bond donors (Lipinski definition) is 0. The molecule has 26 heavy (non-hydrogen) atoms. The first-order valence-electron chi connectivity index (χ1n) is 9.14. The summed E-state index contributed by atoms with van der Waals surface area (Å²) in [6, 6.07) is 32.1. The second-order valence-electron chi connectivity index (χ2n) is 6.64. The normalized spacial score (nSPS) is 17.0. The third-order valence-corrected chi connectivity index (χ3v) is 4.89. The molecule has 0 aliphatic heterocycles. The van der Waals surface area contributed by atoms with Crippen molar-refractivity contribution < 1.29 is 0 Å². The van der Waals surface area contributed by atoms with Gasteiger partial charge >= 0.3 is 0 Å². The lowest BCUT2D eigenvalue weighted by atomic mass is 9.79. The molecular weight excluding hydrogens is 312 g/mol. The highest BCUT2D eigenvalue weighted by Gasteiger charge is 2.21. The Labute approximate surface area is 155 Å². The molecule has 126 valence electrons. The zero-order chi connectivity index (χ0) is 17.6. The van der Waals surface area contributed by atoms with E-state index in [9.17, 15) is 0 Å². The Morgan fingerprint density at radius 2 is 1.23 bits per heavy atom. The molecule has 4 rings (SSSR count). The molecule has 0 unspecified atom stereocenters. The summed E-state index contributed by atoms with van der Waals surface area (Å²) in [4.78, 5) is 0. The highest BCUT2D eigenvalue weighted by molar-refractivity contribution is 5.75. The van der Waals surface area contributed by atoms with Crippen molar-refractivity contribution in [1.82, 2.24) is 0 Å². The van der Waals surface area contributed by atoms with Crippen LogP contribution < -0.4 is 0 Å². The molecule has 0 saturated carbocycles. The van der Waals surface area contributed by atoms with E-state index in [0.29, 0.717) is 5.92 Å². The van der Waals surface area contributed by atoms with Crippen LogP contribution in [0.15, 0.2) is 115 Å². The molecular formula is C26H22. The lowest BCUT2D eigenvalue weighted by Crippen LogP contribution is -2.06. The van der Waals surface area contributed by atoms with Crippen LogP contribution in [0.2, 0.25) is 0 Å². The van der Waals surface area contributed by atoms with E-state index >= 15 is 0 Å². The Morgan fingerprint density at radius 3 is 1.92 bits per heavy atom. The van der Waals surface area contributed by atoms with Crippen molar-refractivity contribution in [2.45, 2.75) is 12.3 Å². The second kappa shape index (κ2) is 7.84. The van der Waals surface area contributed by atoms with Crippen molar-refractivity contribution in [2.75, 3.05) is 0 Å². The molecule has 0 radical (unpaired) electrons. The van der Waals surface area contributed by atoms with Crippen LogP contribution in [0.5, 0.6) is 0 Å². The van der Waals surface area contributed by atoms with Gasteiger partial charge < -0.3 is 0 Å². The van der Waals surface area contributed by atoms with E-state index in [1.807, 2.05) is 0 Å². The summed E-state index contributed by atoms with van der Waals surface area (Å²) >= 11 is 0. The predicted molar refractivity (Wildman–Crippen MR) is 112 cm³/mol. The van der Waals surface area contributed by atoms with Crippen molar-refractivity contribution >= 4 is 11.6 Å². The van der Waals surface area contributed by atoms with Crippen LogP contribution in [0.4, 0.5) is 0 Å². The fourth-order valence-electron chi connectivity index (χ4n) is 3.53. The van der Waals surface area contributed by atoms with Crippen molar-refractivity contribution in [3.05, 3.63) is 131 Å². The molecule has 3 aromatic rings. The van der Waals surface area contributed by atoms with Crippen LogP contribution in [0.25, 0.3) is 11.6 Å². The van der Waals surface area contributed by atoms with E-state index in [1.165, 1.54) is 27.8 Å². The third-order valence-electron chi connectivity index (χ3n) is 4.89. The van der Waals surface area contributed by atoms with E-state index in [4.69, 9.17) is 0 Å².